The van der Waals surface area contributed by atoms with E-state index < -0.39 is 0 Å². The van der Waals surface area contributed by atoms with Crippen molar-refractivity contribution in [3.63, 3.8) is 0 Å². The van der Waals surface area contributed by atoms with Crippen molar-refractivity contribution in [2.75, 3.05) is 5.43 Å². The summed E-state index contributed by atoms with van der Waals surface area (Å²) in [5.74, 6) is 6.86. The molecule has 2 heterocycles. The lowest BCUT2D eigenvalue weighted by atomic mass is 9.98. The van der Waals surface area contributed by atoms with E-state index in [-0.39, 0.29) is 5.41 Å². The molecule has 0 radical (unpaired) electrons. The Balaban J connectivity index is 2.48. The van der Waals surface area contributed by atoms with Gasteiger partial charge in [-0.2, -0.15) is 0 Å². The van der Waals surface area contributed by atoms with Crippen LogP contribution in [-0.4, -0.2) is 15.0 Å². The van der Waals surface area contributed by atoms with Gasteiger partial charge in [0.05, 0.1) is 5.01 Å². The van der Waals surface area contributed by atoms with Crippen LogP contribution in [0.1, 0.15) is 44.0 Å². The molecule has 0 saturated heterocycles. The standard InChI is InChI=1S/C14H21N5S/c1-6-9-8(2)16-12(18-11(9)19-15)10-7-20-13(17-10)14(3,4)5/h7H,6,15H2,1-5H3,(H,16,18,19). The van der Waals surface area contributed by atoms with Crippen LogP contribution in [0.5, 0.6) is 0 Å². The Hall–Kier alpha value is -1.53. The maximum absolute atomic E-state index is 5.56. The summed E-state index contributed by atoms with van der Waals surface area (Å²) in [6, 6.07) is 0. The van der Waals surface area contributed by atoms with E-state index in [1.807, 2.05) is 12.3 Å². The Kier molecular flexibility index (Phi) is 4.06. The molecule has 0 aliphatic rings. The molecular formula is C14H21N5S. The third-order valence-corrected chi connectivity index (χ3v) is 4.35. The number of nitrogens with two attached hydrogens (primary N) is 1. The molecule has 5 nitrogen and oxygen atoms in total. The minimum absolute atomic E-state index is 0.0380. The highest BCUT2D eigenvalue weighted by molar-refractivity contribution is 7.10. The highest BCUT2D eigenvalue weighted by Gasteiger charge is 2.20. The van der Waals surface area contributed by atoms with Crippen LogP contribution in [0, 0.1) is 6.92 Å². The first kappa shape index (κ1) is 14.9. The van der Waals surface area contributed by atoms with Gasteiger partial charge in [-0.05, 0) is 13.3 Å². The predicted molar refractivity (Wildman–Crippen MR) is 83.8 cm³/mol. The number of nitrogen functional groups attached to an aromatic ring is 1. The van der Waals surface area contributed by atoms with Gasteiger partial charge in [-0.25, -0.2) is 20.8 Å². The van der Waals surface area contributed by atoms with Crippen LogP contribution in [-0.2, 0) is 11.8 Å². The number of anilines is 1. The molecule has 0 spiro atoms. The molecule has 0 aromatic carbocycles. The summed E-state index contributed by atoms with van der Waals surface area (Å²) >= 11 is 1.64. The van der Waals surface area contributed by atoms with Crippen LogP contribution in [0.4, 0.5) is 5.82 Å². The van der Waals surface area contributed by atoms with E-state index in [0.717, 1.165) is 28.4 Å². The molecule has 0 amide bonds. The van der Waals surface area contributed by atoms with Crippen molar-refractivity contribution in [2.24, 2.45) is 5.84 Å². The van der Waals surface area contributed by atoms with Crippen molar-refractivity contribution >= 4 is 17.2 Å². The lowest BCUT2D eigenvalue weighted by Gasteiger charge is -2.13. The molecule has 20 heavy (non-hydrogen) atoms. The Morgan fingerprint density at radius 3 is 2.45 bits per heavy atom. The second-order valence-corrected chi connectivity index (χ2v) is 6.60. The number of hydrogen-bond acceptors (Lipinski definition) is 6. The van der Waals surface area contributed by atoms with Gasteiger partial charge in [-0.15, -0.1) is 11.3 Å². The highest BCUT2D eigenvalue weighted by Crippen LogP contribution is 2.29. The molecule has 108 valence electrons. The van der Waals surface area contributed by atoms with Crippen LogP contribution in [0.2, 0.25) is 0 Å². The summed E-state index contributed by atoms with van der Waals surface area (Å²) in [6.45, 7) is 10.5. The summed E-state index contributed by atoms with van der Waals surface area (Å²) in [4.78, 5) is 13.7. The minimum Gasteiger partial charge on any atom is -0.308 e. The van der Waals surface area contributed by atoms with Crippen LogP contribution in [0.3, 0.4) is 0 Å². The summed E-state index contributed by atoms with van der Waals surface area (Å²) in [7, 11) is 0. The van der Waals surface area contributed by atoms with E-state index in [2.05, 4.69) is 48.1 Å². The third kappa shape index (κ3) is 2.81. The predicted octanol–water partition coefficient (Wildman–Crippen LogP) is 3.05. The summed E-state index contributed by atoms with van der Waals surface area (Å²) in [5.41, 5.74) is 5.49. The van der Waals surface area contributed by atoms with E-state index >= 15 is 0 Å². The molecular weight excluding hydrogens is 270 g/mol. The fraction of sp³-hybridized carbons (Fsp3) is 0.500. The van der Waals surface area contributed by atoms with Crippen molar-refractivity contribution in [2.45, 2.75) is 46.5 Å². The number of rotatable bonds is 3. The number of aromatic nitrogens is 3. The Labute approximate surface area is 123 Å². The van der Waals surface area contributed by atoms with Crippen LogP contribution < -0.4 is 11.3 Å². The summed E-state index contributed by atoms with van der Waals surface area (Å²) in [6.07, 6.45) is 0.843. The summed E-state index contributed by atoms with van der Waals surface area (Å²) in [5, 5.41) is 3.08. The van der Waals surface area contributed by atoms with Gasteiger partial charge in [0.1, 0.15) is 11.5 Å². The van der Waals surface area contributed by atoms with Gasteiger partial charge >= 0.3 is 0 Å². The number of hydrazine groups is 1. The molecule has 0 fully saturated rings. The van der Waals surface area contributed by atoms with Gasteiger partial charge in [0, 0.05) is 22.1 Å². The Bertz CT molecular complexity index is 613. The zero-order valence-electron chi connectivity index (χ0n) is 12.6. The second-order valence-electron chi connectivity index (χ2n) is 5.75. The zero-order valence-corrected chi connectivity index (χ0v) is 13.4. The first-order chi connectivity index (χ1) is 9.36. The fourth-order valence-corrected chi connectivity index (χ4v) is 2.86. The van der Waals surface area contributed by atoms with Gasteiger partial charge in [-0.3, -0.25) is 0 Å². The number of nitrogens with zero attached hydrogens (tertiary/aromatic N) is 3. The monoisotopic (exact) mass is 291 g/mol. The smallest absolute Gasteiger partial charge is 0.181 e. The topological polar surface area (TPSA) is 76.7 Å². The van der Waals surface area contributed by atoms with E-state index in [4.69, 9.17) is 5.84 Å². The van der Waals surface area contributed by atoms with Crippen molar-refractivity contribution in [3.8, 4) is 11.5 Å². The van der Waals surface area contributed by atoms with Crippen molar-refractivity contribution in [1.82, 2.24) is 15.0 Å². The molecule has 0 unspecified atom stereocenters. The normalized spacial score (nSPS) is 11.7. The zero-order chi connectivity index (χ0) is 14.9. The molecule has 0 aliphatic carbocycles. The Morgan fingerprint density at radius 1 is 1.25 bits per heavy atom. The van der Waals surface area contributed by atoms with Gasteiger partial charge < -0.3 is 5.43 Å². The van der Waals surface area contributed by atoms with Crippen molar-refractivity contribution in [1.29, 1.82) is 0 Å². The second kappa shape index (κ2) is 5.46. The first-order valence-corrected chi connectivity index (χ1v) is 7.55. The van der Waals surface area contributed by atoms with Gasteiger partial charge in [0.25, 0.3) is 0 Å². The Morgan fingerprint density at radius 2 is 1.95 bits per heavy atom. The largest absolute Gasteiger partial charge is 0.308 e. The average molecular weight is 291 g/mol. The highest BCUT2D eigenvalue weighted by atomic mass is 32.1. The molecule has 0 aliphatic heterocycles. The van der Waals surface area contributed by atoms with Crippen molar-refractivity contribution in [3.05, 3.63) is 21.6 Å². The number of nitrogens with one attached hydrogen (secondary N) is 1. The minimum atomic E-state index is 0.0380. The molecule has 3 N–H and O–H groups in total. The summed E-state index contributed by atoms with van der Waals surface area (Å²) < 4.78 is 0. The molecule has 6 heteroatoms. The van der Waals surface area contributed by atoms with Gasteiger partial charge in [-0.1, -0.05) is 27.7 Å². The molecule has 0 atom stereocenters. The van der Waals surface area contributed by atoms with Gasteiger partial charge in [0.2, 0.25) is 0 Å². The van der Waals surface area contributed by atoms with E-state index in [1.165, 1.54) is 0 Å². The molecule has 0 bridgehead atoms. The van der Waals surface area contributed by atoms with E-state index in [0.29, 0.717) is 11.6 Å². The van der Waals surface area contributed by atoms with Crippen LogP contribution in [0.25, 0.3) is 11.5 Å². The lowest BCUT2D eigenvalue weighted by molar-refractivity contribution is 0.586. The number of hydrogen-bond donors (Lipinski definition) is 2. The van der Waals surface area contributed by atoms with Crippen molar-refractivity contribution < 1.29 is 0 Å². The van der Waals surface area contributed by atoms with Crippen LogP contribution in [0.15, 0.2) is 5.38 Å². The maximum atomic E-state index is 5.56. The lowest BCUT2D eigenvalue weighted by Crippen LogP contribution is -2.14. The molecule has 0 saturated carbocycles. The van der Waals surface area contributed by atoms with E-state index in [9.17, 15) is 0 Å². The average Bonchev–Trinajstić information content (AvgIpc) is 2.87. The molecule has 2 aromatic rings. The SMILES string of the molecule is CCc1c(C)nc(-c2csc(C(C)(C)C)n2)nc1NN. The third-order valence-electron chi connectivity index (χ3n) is 3.08. The quantitative estimate of drug-likeness (QED) is 0.671. The van der Waals surface area contributed by atoms with Gasteiger partial charge in [0.15, 0.2) is 5.82 Å². The first-order valence-electron chi connectivity index (χ1n) is 6.67. The number of thiazole rings is 1. The number of aryl methyl sites for hydroxylation is 1. The molecule has 2 rings (SSSR count). The van der Waals surface area contributed by atoms with E-state index in [1.54, 1.807) is 11.3 Å². The van der Waals surface area contributed by atoms with Crippen LogP contribution >= 0.6 is 11.3 Å². The molecule has 2 aromatic heterocycles. The maximum Gasteiger partial charge on any atom is 0.181 e. The fourth-order valence-electron chi connectivity index (χ4n) is 1.97.